The molecule has 0 radical (unpaired) electrons. The van der Waals surface area contributed by atoms with Crippen LogP contribution in [0.2, 0.25) is 0 Å². The van der Waals surface area contributed by atoms with Gasteiger partial charge in [-0.25, -0.2) is 4.98 Å². The van der Waals surface area contributed by atoms with Gasteiger partial charge in [0.1, 0.15) is 17.5 Å². The minimum atomic E-state index is -0.0963. The Morgan fingerprint density at radius 1 is 1.32 bits per heavy atom. The number of oxazole rings is 1. The highest BCUT2D eigenvalue weighted by Crippen LogP contribution is 2.37. The van der Waals surface area contributed by atoms with Gasteiger partial charge in [0.2, 0.25) is 11.8 Å². The molecule has 1 atom stereocenters. The molecule has 5 nitrogen and oxygen atoms in total. The Balaban J connectivity index is 0.00000156. The minimum absolute atomic E-state index is 0. The summed E-state index contributed by atoms with van der Waals surface area (Å²) in [6.45, 7) is 4.93. The highest BCUT2D eigenvalue weighted by molar-refractivity contribution is 5.85. The molecule has 1 amide bonds. The maximum Gasteiger partial charge on any atom is 0.236 e. The number of amides is 1. The zero-order chi connectivity index (χ0) is 16.4. The molecule has 1 aliphatic heterocycles. The molecule has 2 N–H and O–H groups in total. The lowest BCUT2D eigenvalue weighted by atomic mass is 10.0. The maximum absolute atomic E-state index is 12.0. The van der Waals surface area contributed by atoms with Gasteiger partial charge >= 0.3 is 0 Å². The standard InChI is InChI=1S/C18H23N3O2.2ClH/c1-12(2)17-16(13-7-4-3-5-8-13)20-18(23-17)14-9-6-10-21(14)15(22)11-19;;/h3-5,7-8,12,14H,6,9-11,19H2,1-2H3;2*1H. The largest absolute Gasteiger partial charge is 0.442 e. The minimum Gasteiger partial charge on any atom is -0.442 e. The van der Waals surface area contributed by atoms with Gasteiger partial charge in [0.15, 0.2) is 0 Å². The van der Waals surface area contributed by atoms with Crippen LogP contribution in [0, 0.1) is 0 Å². The molecule has 1 unspecified atom stereocenters. The van der Waals surface area contributed by atoms with E-state index in [0.29, 0.717) is 5.89 Å². The molecule has 7 heteroatoms. The first kappa shape index (κ1) is 21.5. The van der Waals surface area contributed by atoms with Crippen LogP contribution in [0.3, 0.4) is 0 Å². The van der Waals surface area contributed by atoms with Crippen LogP contribution in [0.25, 0.3) is 11.3 Å². The van der Waals surface area contributed by atoms with E-state index in [1.54, 1.807) is 4.90 Å². The Morgan fingerprint density at radius 3 is 2.60 bits per heavy atom. The quantitative estimate of drug-likeness (QED) is 0.864. The van der Waals surface area contributed by atoms with E-state index in [-0.39, 0.29) is 49.2 Å². The van der Waals surface area contributed by atoms with Crippen molar-refractivity contribution in [3.63, 3.8) is 0 Å². The van der Waals surface area contributed by atoms with E-state index in [1.165, 1.54) is 0 Å². The van der Waals surface area contributed by atoms with Crippen molar-refractivity contribution in [1.82, 2.24) is 9.88 Å². The van der Waals surface area contributed by atoms with Crippen LogP contribution in [-0.4, -0.2) is 28.9 Å². The first-order valence-corrected chi connectivity index (χ1v) is 8.17. The van der Waals surface area contributed by atoms with Crippen LogP contribution in [0.4, 0.5) is 0 Å². The van der Waals surface area contributed by atoms with Crippen molar-refractivity contribution in [2.75, 3.05) is 13.1 Å². The average molecular weight is 386 g/mol. The summed E-state index contributed by atoms with van der Waals surface area (Å²) in [7, 11) is 0. The van der Waals surface area contributed by atoms with Crippen LogP contribution in [0.15, 0.2) is 34.7 Å². The summed E-state index contributed by atoms with van der Waals surface area (Å²) in [4.78, 5) is 18.6. The Hall–Kier alpha value is -1.56. The number of likely N-dealkylation sites (tertiary alicyclic amines) is 1. The van der Waals surface area contributed by atoms with E-state index in [2.05, 4.69) is 13.8 Å². The molecule has 0 aliphatic carbocycles. The second-order valence-electron chi connectivity index (χ2n) is 6.23. The number of hydrogen-bond donors (Lipinski definition) is 1. The summed E-state index contributed by atoms with van der Waals surface area (Å²) in [5.41, 5.74) is 7.44. The lowest BCUT2D eigenvalue weighted by molar-refractivity contribution is -0.131. The normalized spacial score (nSPS) is 16.5. The number of halogens is 2. The summed E-state index contributed by atoms with van der Waals surface area (Å²) in [5.74, 6) is 1.69. The van der Waals surface area contributed by atoms with Crippen molar-refractivity contribution in [1.29, 1.82) is 0 Å². The molecule has 1 aliphatic rings. The second kappa shape index (κ2) is 9.22. The van der Waals surface area contributed by atoms with Crippen molar-refractivity contribution in [3.05, 3.63) is 42.0 Å². The van der Waals surface area contributed by atoms with E-state index in [4.69, 9.17) is 15.1 Å². The zero-order valence-electron chi connectivity index (χ0n) is 14.5. The summed E-state index contributed by atoms with van der Waals surface area (Å²) < 4.78 is 6.09. The Morgan fingerprint density at radius 2 is 2.00 bits per heavy atom. The first-order valence-electron chi connectivity index (χ1n) is 8.17. The molecule has 2 heterocycles. The van der Waals surface area contributed by atoms with E-state index in [0.717, 1.165) is 36.4 Å². The molecule has 25 heavy (non-hydrogen) atoms. The zero-order valence-corrected chi connectivity index (χ0v) is 16.1. The van der Waals surface area contributed by atoms with Crippen LogP contribution < -0.4 is 5.73 Å². The number of benzene rings is 1. The SMILES string of the molecule is CC(C)c1oc(C2CCCN2C(=O)CN)nc1-c1ccccc1.Cl.Cl. The maximum atomic E-state index is 12.0. The first-order chi connectivity index (χ1) is 11.1. The monoisotopic (exact) mass is 385 g/mol. The Kier molecular flexibility index (Phi) is 7.93. The fourth-order valence-electron chi connectivity index (χ4n) is 3.12. The molecule has 3 rings (SSSR count). The smallest absolute Gasteiger partial charge is 0.236 e. The summed E-state index contributed by atoms with van der Waals surface area (Å²) in [5, 5.41) is 0. The molecule has 138 valence electrons. The van der Waals surface area contributed by atoms with E-state index in [1.807, 2.05) is 30.3 Å². The Labute approximate surface area is 160 Å². The predicted octanol–water partition coefficient (Wildman–Crippen LogP) is 3.93. The van der Waals surface area contributed by atoms with E-state index in [9.17, 15) is 4.79 Å². The van der Waals surface area contributed by atoms with Gasteiger partial charge < -0.3 is 15.1 Å². The van der Waals surface area contributed by atoms with Crippen molar-refractivity contribution >= 4 is 30.7 Å². The summed E-state index contributed by atoms with van der Waals surface area (Å²) >= 11 is 0. The molecule has 1 fully saturated rings. The topological polar surface area (TPSA) is 72.4 Å². The molecule has 1 saturated heterocycles. The van der Waals surface area contributed by atoms with Crippen LogP contribution in [0.1, 0.15) is 50.3 Å². The molecule has 2 aromatic rings. The van der Waals surface area contributed by atoms with Gasteiger partial charge in [0, 0.05) is 18.0 Å². The molecular formula is C18H25Cl2N3O2. The third-order valence-electron chi connectivity index (χ3n) is 4.27. The molecular weight excluding hydrogens is 361 g/mol. The van der Waals surface area contributed by atoms with E-state index < -0.39 is 0 Å². The fraction of sp³-hybridized carbons (Fsp3) is 0.444. The van der Waals surface area contributed by atoms with E-state index >= 15 is 0 Å². The van der Waals surface area contributed by atoms with Crippen molar-refractivity contribution < 1.29 is 9.21 Å². The highest BCUT2D eigenvalue weighted by atomic mass is 35.5. The second-order valence-corrected chi connectivity index (χ2v) is 6.23. The predicted molar refractivity (Wildman–Crippen MR) is 103 cm³/mol. The Bertz CT molecular complexity index is 689. The number of hydrogen-bond acceptors (Lipinski definition) is 4. The molecule has 0 saturated carbocycles. The number of carbonyl (C=O) groups excluding carboxylic acids is 1. The van der Waals surface area contributed by atoms with Gasteiger partial charge in [-0.15, -0.1) is 24.8 Å². The number of aromatic nitrogens is 1. The molecule has 0 spiro atoms. The van der Waals surface area contributed by atoms with Crippen molar-refractivity contribution in [2.45, 2.75) is 38.6 Å². The van der Waals surface area contributed by atoms with Crippen LogP contribution in [-0.2, 0) is 4.79 Å². The number of carbonyl (C=O) groups is 1. The lowest BCUT2D eigenvalue weighted by Crippen LogP contribution is -2.35. The average Bonchev–Trinajstić information content (AvgIpc) is 3.21. The van der Waals surface area contributed by atoms with Gasteiger partial charge in [-0.05, 0) is 12.8 Å². The third-order valence-corrected chi connectivity index (χ3v) is 4.27. The molecule has 1 aromatic carbocycles. The summed E-state index contributed by atoms with van der Waals surface area (Å²) in [6, 6.07) is 9.94. The molecule has 1 aromatic heterocycles. The summed E-state index contributed by atoms with van der Waals surface area (Å²) in [6.07, 6.45) is 1.83. The fourth-order valence-corrected chi connectivity index (χ4v) is 3.12. The third kappa shape index (κ3) is 4.35. The molecule has 0 bridgehead atoms. The number of rotatable bonds is 4. The van der Waals surface area contributed by atoms with Gasteiger partial charge in [-0.3, -0.25) is 4.79 Å². The van der Waals surface area contributed by atoms with Crippen LogP contribution in [0.5, 0.6) is 0 Å². The van der Waals surface area contributed by atoms with Crippen LogP contribution >= 0.6 is 24.8 Å². The number of nitrogens with two attached hydrogens (primary N) is 1. The van der Waals surface area contributed by atoms with Gasteiger partial charge in [-0.1, -0.05) is 44.2 Å². The number of nitrogens with zero attached hydrogens (tertiary/aromatic N) is 2. The van der Waals surface area contributed by atoms with Crippen molar-refractivity contribution in [3.8, 4) is 11.3 Å². The van der Waals surface area contributed by atoms with Gasteiger partial charge in [0.25, 0.3) is 0 Å². The van der Waals surface area contributed by atoms with Gasteiger partial charge in [-0.2, -0.15) is 0 Å². The highest BCUT2D eigenvalue weighted by Gasteiger charge is 2.34. The lowest BCUT2D eigenvalue weighted by Gasteiger charge is -2.21. The van der Waals surface area contributed by atoms with Crippen molar-refractivity contribution in [2.24, 2.45) is 5.73 Å². The van der Waals surface area contributed by atoms with Gasteiger partial charge in [0.05, 0.1) is 6.54 Å².